The second kappa shape index (κ2) is 6.53. The molecule has 1 aromatic rings. The van der Waals surface area contributed by atoms with E-state index in [1.807, 2.05) is 12.1 Å². The van der Waals surface area contributed by atoms with E-state index in [0.29, 0.717) is 30.9 Å². The molecule has 0 bridgehead atoms. The minimum Gasteiger partial charge on any atom is -0.391 e. The van der Waals surface area contributed by atoms with Crippen molar-refractivity contribution in [3.05, 3.63) is 35.4 Å². The molecule has 1 atom stereocenters. The highest BCUT2D eigenvalue weighted by Gasteiger charge is 2.30. The van der Waals surface area contributed by atoms with Gasteiger partial charge in [0.25, 0.3) is 0 Å². The first-order valence-electron chi connectivity index (χ1n) is 7.01. The highest BCUT2D eigenvalue weighted by molar-refractivity contribution is 5.76. The smallest absolute Gasteiger partial charge is 0.222 e. The van der Waals surface area contributed by atoms with E-state index >= 15 is 0 Å². The Morgan fingerprint density at radius 2 is 2.10 bits per heavy atom. The number of benzene rings is 1. The van der Waals surface area contributed by atoms with Crippen molar-refractivity contribution in [2.24, 2.45) is 5.92 Å². The number of rotatable bonds is 6. The summed E-state index contributed by atoms with van der Waals surface area (Å²) >= 11 is 0. The molecule has 1 unspecified atom stereocenters. The molecule has 1 aliphatic rings. The summed E-state index contributed by atoms with van der Waals surface area (Å²) in [5, 5.41) is 18.5. The van der Waals surface area contributed by atoms with E-state index in [4.69, 9.17) is 5.26 Å². The summed E-state index contributed by atoms with van der Waals surface area (Å²) in [6.07, 6.45) is 2.87. The van der Waals surface area contributed by atoms with Gasteiger partial charge in [-0.1, -0.05) is 12.1 Å². The number of amides is 1. The number of aliphatic hydroxyl groups is 1. The average molecular weight is 272 g/mol. The number of nitriles is 1. The SMILES string of the molecule is CN(CC(O)C1CC1)C(=O)CCc1ccc(C#N)cc1. The Hall–Kier alpha value is -1.86. The first-order valence-corrected chi connectivity index (χ1v) is 7.01. The zero-order valence-electron chi connectivity index (χ0n) is 11.7. The summed E-state index contributed by atoms with van der Waals surface area (Å²) in [4.78, 5) is 13.6. The molecule has 1 amide bonds. The molecule has 1 aliphatic carbocycles. The molecular weight excluding hydrogens is 252 g/mol. The standard InChI is InChI=1S/C16H20N2O2/c1-18(11-15(19)14-7-8-14)16(20)9-6-12-2-4-13(10-17)5-3-12/h2-5,14-15,19H,6-9,11H2,1H3. The Morgan fingerprint density at radius 3 is 2.65 bits per heavy atom. The van der Waals surface area contributed by atoms with Crippen LogP contribution in [0.1, 0.15) is 30.4 Å². The summed E-state index contributed by atoms with van der Waals surface area (Å²) in [5.41, 5.74) is 1.68. The zero-order valence-corrected chi connectivity index (χ0v) is 11.7. The lowest BCUT2D eigenvalue weighted by Crippen LogP contribution is -2.35. The first-order chi connectivity index (χ1) is 9.60. The molecule has 106 valence electrons. The van der Waals surface area contributed by atoms with Gasteiger partial charge in [0.05, 0.1) is 17.7 Å². The monoisotopic (exact) mass is 272 g/mol. The van der Waals surface area contributed by atoms with Gasteiger partial charge >= 0.3 is 0 Å². The fraction of sp³-hybridized carbons (Fsp3) is 0.500. The molecule has 0 saturated heterocycles. The van der Waals surface area contributed by atoms with Crippen molar-refractivity contribution in [2.45, 2.75) is 31.8 Å². The van der Waals surface area contributed by atoms with Crippen LogP contribution in [0.15, 0.2) is 24.3 Å². The van der Waals surface area contributed by atoms with Gasteiger partial charge < -0.3 is 10.0 Å². The zero-order chi connectivity index (χ0) is 14.5. The number of aryl methyl sites for hydroxylation is 1. The topological polar surface area (TPSA) is 64.3 Å². The molecule has 2 rings (SSSR count). The number of carbonyl (C=O) groups excluding carboxylic acids is 1. The quantitative estimate of drug-likeness (QED) is 0.857. The number of nitrogens with zero attached hydrogens (tertiary/aromatic N) is 2. The van der Waals surface area contributed by atoms with Crippen molar-refractivity contribution < 1.29 is 9.90 Å². The van der Waals surface area contributed by atoms with E-state index in [1.54, 1.807) is 24.1 Å². The Balaban J connectivity index is 1.77. The Bertz CT molecular complexity index is 500. The minimum absolute atomic E-state index is 0.0501. The third-order valence-electron chi connectivity index (χ3n) is 3.76. The molecule has 1 N–H and O–H groups in total. The van der Waals surface area contributed by atoms with E-state index in [1.165, 1.54) is 0 Å². The lowest BCUT2D eigenvalue weighted by Gasteiger charge is -2.20. The van der Waals surface area contributed by atoms with Crippen LogP contribution in [0.5, 0.6) is 0 Å². The lowest BCUT2D eigenvalue weighted by atomic mass is 10.1. The predicted molar refractivity (Wildman–Crippen MR) is 75.8 cm³/mol. The molecule has 0 spiro atoms. The van der Waals surface area contributed by atoms with Gasteiger partial charge in [0.2, 0.25) is 5.91 Å². The van der Waals surface area contributed by atoms with Crippen LogP contribution in [0, 0.1) is 17.2 Å². The van der Waals surface area contributed by atoms with E-state index < -0.39 is 0 Å². The number of carbonyl (C=O) groups is 1. The van der Waals surface area contributed by atoms with Gasteiger partial charge in [0.1, 0.15) is 0 Å². The van der Waals surface area contributed by atoms with E-state index in [0.717, 1.165) is 18.4 Å². The largest absolute Gasteiger partial charge is 0.391 e. The maximum absolute atomic E-state index is 12.0. The van der Waals surface area contributed by atoms with Crippen molar-refractivity contribution in [3.63, 3.8) is 0 Å². The maximum Gasteiger partial charge on any atom is 0.222 e. The summed E-state index contributed by atoms with van der Waals surface area (Å²) in [5.74, 6) is 0.442. The molecule has 0 aliphatic heterocycles. The summed E-state index contributed by atoms with van der Waals surface area (Å²) < 4.78 is 0. The van der Waals surface area contributed by atoms with E-state index in [9.17, 15) is 9.90 Å². The molecule has 0 radical (unpaired) electrons. The summed E-state index contributed by atoms with van der Waals surface area (Å²) in [7, 11) is 1.74. The van der Waals surface area contributed by atoms with Crippen LogP contribution in [0.3, 0.4) is 0 Å². The van der Waals surface area contributed by atoms with Crippen molar-refractivity contribution in [2.75, 3.05) is 13.6 Å². The molecule has 4 heteroatoms. The Morgan fingerprint density at radius 1 is 1.45 bits per heavy atom. The highest BCUT2D eigenvalue weighted by Crippen LogP contribution is 2.32. The van der Waals surface area contributed by atoms with Crippen molar-refractivity contribution in [3.8, 4) is 6.07 Å². The molecule has 0 heterocycles. The first kappa shape index (κ1) is 14.5. The van der Waals surface area contributed by atoms with Gasteiger partial charge in [-0.2, -0.15) is 5.26 Å². The van der Waals surface area contributed by atoms with Crippen LogP contribution in [-0.2, 0) is 11.2 Å². The maximum atomic E-state index is 12.0. The van der Waals surface area contributed by atoms with Gasteiger partial charge in [-0.25, -0.2) is 0 Å². The average Bonchev–Trinajstić information content (AvgIpc) is 3.29. The number of hydrogen-bond donors (Lipinski definition) is 1. The van der Waals surface area contributed by atoms with Crippen molar-refractivity contribution >= 4 is 5.91 Å². The van der Waals surface area contributed by atoms with Gasteiger partial charge in [-0.05, 0) is 42.9 Å². The molecule has 0 aromatic heterocycles. The van der Waals surface area contributed by atoms with Crippen LogP contribution in [0.2, 0.25) is 0 Å². The van der Waals surface area contributed by atoms with Crippen LogP contribution in [0.4, 0.5) is 0 Å². The van der Waals surface area contributed by atoms with Crippen molar-refractivity contribution in [1.29, 1.82) is 5.26 Å². The van der Waals surface area contributed by atoms with Gasteiger partial charge in [-0.3, -0.25) is 4.79 Å². The number of aliphatic hydroxyl groups excluding tert-OH is 1. The second-order valence-corrected chi connectivity index (χ2v) is 5.49. The van der Waals surface area contributed by atoms with Gasteiger partial charge in [0.15, 0.2) is 0 Å². The fourth-order valence-electron chi connectivity index (χ4n) is 2.20. The molecule has 1 fully saturated rings. The summed E-state index contributed by atoms with van der Waals surface area (Å²) in [6.45, 7) is 0.427. The molecular formula is C16H20N2O2. The second-order valence-electron chi connectivity index (χ2n) is 5.49. The molecule has 20 heavy (non-hydrogen) atoms. The Labute approximate surface area is 119 Å². The molecule has 1 aromatic carbocycles. The number of hydrogen-bond acceptors (Lipinski definition) is 3. The third kappa shape index (κ3) is 4.07. The van der Waals surface area contributed by atoms with Gasteiger partial charge in [0, 0.05) is 20.0 Å². The van der Waals surface area contributed by atoms with Gasteiger partial charge in [-0.15, -0.1) is 0 Å². The predicted octanol–water partition coefficient (Wildman–Crippen LogP) is 1.72. The molecule has 4 nitrogen and oxygen atoms in total. The highest BCUT2D eigenvalue weighted by atomic mass is 16.3. The number of likely N-dealkylation sites (N-methyl/N-ethyl adjacent to an activating group) is 1. The fourth-order valence-corrected chi connectivity index (χ4v) is 2.20. The van der Waals surface area contributed by atoms with Crippen LogP contribution in [-0.4, -0.2) is 35.6 Å². The van der Waals surface area contributed by atoms with Crippen LogP contribution >= 0.6 is 0 Å². The summed E-state index contributed by atoms with van der Waals surface area (Å²) in [6, 6.07) is 9.36. The lowest BCUT2D eigenvalue weighted by molar-refractivity contribution is -0.131. The van der Waals surface area contributed by atoms with Crippen molar-refractivity contribution in [1.82, 2.24) is 4.90 Å². The normalized spacial score (nSPS) is 15.4. The Kier molecular flexibility index (Phi) is 4.75. The van der Waals surface area contributed by atoms with Crippen LogP contribution < -0.4 is 0 Å². The van der Waals surface area contributed by atoms with E-state index in [-0.39, 0.29) is 12.0 Å². The van der Waals surface area contributed by atoms with Crippen LogP contribution in [0.25, 0.3) is 0 Å². The molecule has 1 saturated carbocycles. The van der Waals surface area contributed by atoms with E-state index in [2.05, 4.69) is 6.07 Å². The third-order valence-corrected chi connectivity index (χ3v) is 3.76. The minimum atomic E-state index is -0.376.